The van der Waals surface area contributed by atoms with Crippen LogP contribution < -0.4 is 10.1 Å². The number of benzene rings is 1. The molecule has 0 fully saturated rings. The van der Waals surface area contributed by atoms with Crippen LogP contribution in [0, 0.1) is 5.82 Å². The minimum atomic E-state index is -0.414. The molecule has 0 aliphatic rings. The molecule has 0 radical (unpaired) electrons. The second-order valence-electron chi connectivity index (χ2n) is 4.36. The van der Waals surface area contributed by atoms with Crippen LogP contribution >= 0.6 is 11.6 Å². The van der Waals surface area contributed by atoms with Gasteiger partial charge >= 0.3 is 0 Å². The number of ether oxygens (including phenoxy) is 1. The molecule has 0 amide bonds. The summed E-state index contributed by atoms with van der Waals surface area (Å²) in [5.41, 5.74) is 1.66. The summed E-state index contributed by atoms with van der Waals surface area (Å²) in [4.78, 5) is 4.17. The first-order valence-electron chi connectivity index (χ1n) is 6.40. The molecule has 106 valence electrons. The first-order chi connectivity index (χ1) is 9.60. The number of nitrogens with one attached hydrogen (secondary N) is 1. The topological polar surface area (TPSA) is 34.1 Å². The molecule has 1 N–H and O–H groups in total. The molecule has 0 spiro atoms. The van der Waals surface area contributed by atoms with Gasteiger partial charge in [0.05, 0.1) is 23.5 Å². The van der Waals surface area contributed by atoms with Gasteiger partial charge in [-0.25, -0.2) is 9.37 Å². The van der Waals surface area contributed by atoms with Gasteiger partial charge < -0.3 is 10.1 Å². The molecular formula is C15H16ClFN2O. The molecule has 1 aromatic carbocycles. The van der Waals surface area contributed by atoms with Crippen molar-refractivity contribution in [3.05, 3.63) is 52.9 Å². The van der Waals surface area contributed by atoms with Gasteiger partial charge in [-0.1, -0.05) is 17.7 Å². The van der Waals surface area contributed by atoms with E-state index in [-0.39, 0.29) is 11.1 Å². The highest BCUT2D eigenvalue weighted by atomic mass is 35.5. The van der Waals surface area contributed by atoms with E-state index in [1.165, 1.54) is 6.07 Å². The maximum Gasteiger partial charge on any atom is 0.213 e. The van der Waals surface area contributed by atoms with Crippen LogP contribution in [0.1, 0.15) is 25.5 Å². The lowest BCUT2D eigenvalue weighted by atomic mass is 10.1. The summed E-state index contributed by atoms with van der Waals surface area (Å²) in [5.74, 6) is 0.172. The van der Waals surface area contributed by atoms with E-state index in [0.717, 1.165) is 11.3 Å². The lowest BCUT2D eigenvalue weighted by Gasteiger charge is -2.16. The first kappa shape index (κ1) is 14.6. The van der Waals surface area contributed by atoms with Crippen molar-refractivity contribution >= 4 is 17.3 Å². The summed E-state index contributed by atoms with van der Waals surface area (Å²) in [6, 6.07) is 8.40. The van der Waals surface area contributed by atoms with Crippen LogP contribution in [0.5, 0.6) is 5.88 Å². The second kappa shape index (κ2) is 6.57. The Kier molecular flexibility index (Phi) is 4.79. The van der Waals surface area contributed by atoms with Gasteiger partial charge in [-0.3, -0.25) is 0 Å². The van der Waals surface area contributed by atoms with Gasteiger partial charge in [0.1, 0.15) is 5.82 Å². The number of pyridine rings is 1. The Balaban J connectivity index is 2.06. The Labute approximate surface area is 122 Å². The Hall–Kier alpha value is -1.81. The number of rotatable bonds is 5. The van der Waals surface area contributed by atoms with Gasteiger partial charge in [0.2, 0.25) is 5.88 Å². The van der Waals surface area contributed by atoms with E-state index in [9.17, 15) is 4.39 Å². The maximum absolute atomic E-state index is 13.4. The average molecular weight is 295 g/mol. The monoisotopic (exact) mass is 294 g/mol. The van der Waals surface area contributed by atoms with Crippen molar-refractivity contribution < 1.29 is 9.13 Å². The van der Waals surface area contributed by atoms with Crippen LogP contribution in [0.15, 0.2) is 36.5 Å². The zero-order chi connectivity index (χ0) is 14.5. The molecule has 3 nitrogen and oxygen atoms in total. The highest BCUT2D eigenvalue weighted by Gasteiger charge is 2.08. The summed E-state index contributed by atoms with van der Waals surface area (Å²) in [6.07, 6.45) is 1.69. The fraction of sp³-hybridized carbons (Fsp3) is 0.267. The van der Waals surface area contributed by atoms with E-state index < -0.39 is 5.82 Å². The predicted octanol–water partition coefficient (Wildman–Crippen LogP) is 4.45. The van der Waals surface area contributed by atoms with Crippen LogP contribution in [0.3, 0.4) is 0 Å². The summed E-state index contributed by atoms with van der Waals surface area (Å²) in [6.45, 7) is 4.43. The summed E-state index contributed by atoms with van der Waals surface area (Å²) in [7, 11) is 0. The molecule has 20 heavy (non-hydrogen) atoms. The third-order valence-electron chi connectivity index (χ3n) is 2.86. The zero-order valence-corrected chi connectivity index (χ0v) is 12.1. The van der Waals surface area contributed by atoms with Crippen LogP contribution in [0.25, 0.3) is 0 Å². The normalized spacial score (nSPS) is 12.0. The van der Waals surface area contributed by atoms with Crippen molar-refractivity contribution in [2.75, 3.05) is 11.9 Å². The summed E-state index contributed by atoms with van der Waals surface area (Å²) >= 11 is 5.67. The molecule has 2 aromatic rings. The number of anilines is 1. The lowest BCUT2D eigenvalue weighted by Crippen LogP contribution is -2.07. The van der Waals surface area contributed by atoms with Gasteiger partial charge in [-0.2, -0.15) is 0 Å². The van der Waals surface area contributed by atoms with Crippen molar-refractivity contribution in [2.24, 2.45) is 0 Å². The zero-order valence-electron chi connectivity index (χ0n) is 11.4. The third-order valence-corrected chi connectivity index (χ3v) is 3.16. The summed E-state index contributed by atoms with van der Waals surface area (Å²) < 4.78 is 18.7. The number of nitrogens with zero attached hydrogens (tertiary/aromatic N) is 1. The molecule has 0 aliphatic carbocycles. The highest BCUT2D eigenvalue weighted by molar-refractivity contribution is 6.30. The van der Waals surface area contributed by atoms with Crippen molar-refractivity contribution in [3.63, 3.8) is 0 Å². The Morgan fingerprint density at radius 1 is 1.35 bits per heavy atom. The number of aromatic nitrogens is 1. The van der Waals surface area contributed by atoms with Crippen molar-refractivity contribution in [1.82, 2.24) is 4.98 Å². The van der Waals surface area contributed by atoms with Gasteiger partial charge in [-0.15, -0.1) is 0 Å². The van der Waals surface area contributed by atoms with Gasteiger partial charge in [-0.05, 0) is 37.6 Å². The van der Waals surface area contributed by atoms with Crippen molar-refractivity contribution in [2.45, 2.75) is 19.9 Å². The SMILES string of the molecule is CCOc1ccc(NC(C)c2ccc(Cl)c(F)c2)cn1. The fourth-order valence-electron chi connectivity index (χ4n) is 1.81. The largest absolute Gasteiger partial charge is 0.478 e. The highest BCUT2D eigenvalue weighted by Crippen LogP contribution is 2.23. The molecule has 1 heterocycles. The minimum absolute atomic E-state index is 0.0542. The van der Waals surface area contributed by atoms with Gasteiger partial charge in [0.25, 0.3) is 0 Å². The number of halogens is 2. The fourth-order valence-corrected chi connectivity index (χ4v) is 1.93. The Morgan fingerprint density at radius 2 is 2.15 bits per heavy atom. The molecular weight excluding hydrogens is 279 g/mol. The van der Waals surface area contributed by atoms with Gasteiger partial charge in [0, 0.05) is 12.1 Å². The van der Waals surface area contributed by atoms with E-state index in [1.54, 1.807) is 24.4 Å². The lowest BCUT2D eigenvalue weighted by molar-refractivity contribution is 0.327. The van der Waals surface area contributed by atoms with Crippen molar-refractivity contribution in [1.29, 1.82) is 0 Å². The molecule has 0 aliphatic heterocycles. The molecule has 1 aromatic heterocycles. The van der Waals surface area contributed by atoms with E-state index >= 15 is 0 Å². The third kappa shape index (κ3) is 3.61. The Morgan fingerprint density at radius 3 is 2.75 bits per heavy atom. The molecule has 0 bridgehead atoms. The smallest absolute Gasteiger partial charge is 0.213 e. The van der Waals surface area contributed by atoms with Crippen LogP contribution in [-0.4, -0.2) is 11.6 Å². The molecule has 2 rings (SSSR count). The molecule has 1 unspecified atom stereocenters. The number of hydrogen-bond acceptors (Lipinski definition) is 3. The first-order valence-corrected chi connectivity index (χ1v) is 6.78. The molecule has 0 saturated heterocycles. The van der Waals surface area contributed by atoms with Crippen LogP contribution in [-0.2, 0) is 0 Å². The second-order valence-corrected chi connectivity index (χ2v) is 4.76. The predicted molar refractivity (Wildman–Crippen MR) is 78.9 cm³/mol. The van der Waals surface area contributed by atoms with Gasteiger partial charge in [0.15, 0.2) is 0 Å². The van der Waals surface area contributed by atoms with E-state index in [4.69, 9.17) is 16.3 Å². The molecule has 0 saturated carbocycles. The number of hydrogen-bond donors (Lipinski definition) is 1. The standard InChI is InChI=1S/C15H16ClFN2O/c1-3-20-15-7-5-12(9-18-15)19-10(2)11-4-6-13(16)14(17)8-11/h4-10,19H,3H2,1-2H3. The minimum Gasteiger partial charge on any atom is -0.478 e. The van der Waals surface area contributed by atoms with E-state index in [2.05, 4.69) is 10.3 Å². The van der Waals surface area contributed by atoms with Crippen molar-refractivity contribution in [3.8, 4) is 5.88 Å². The maximum atomic E-state index is 13.4. The quantitative estimate of drug-likeness (QED) is 0.885. The van der Waals surface area contributed by atoms with E-state index in [1.807, 2.05) is 19.9 Å². The summed E-state index contributed by atoms with van der Waals surface area (Å²) in [5, 5.41) is 3.37. The molecule has 5 heteroatoms. The molecule has 1 atom stereocenters. The average Bonchev–Trinajstić information content (AvgIpc) is 2.44. The van der Waals surface area contributed by atoms with Crippen LogP contribution in [0.4, 0.5) is 10.1 Å². The van der Waals surface area contributed by atoms with E-state index in [0.29, 0.717) is 12.5 Å². The Bertz CT molecular complexity index is 575. The van der Waals surface area contributed by atoms with Crippen LogP contribution in [0.2, 0.25) is 5.02 Å².